The number of aromatic amines is 1. The summed E-state index contributed by atoms with van der Waals surface area (Å²) in [7, 11) is -2.51. The van der Waals surface area contributed by atoms with Crippen LogP contribution in [0.15, 0.2) is 78.9 Å². The zero-order chi connectivity index (χ0) is 21.7. The van der Waals surface area contributed by atoms with Gasteiger partial charge in [0.2, 0.25) is 15.7 Å². The largest absolute Gasteiger partial charge is 0.495 e. The van der Waals surface area contributed by atoms with Crippen molar-refractivity contribution >= 4 is 49.1 Å². The Morgan fingerprint density at radius 2 is 1.90 bits per heavy atom. The van der Waals surface area contributed by atoms with Crippen molar-refractivity contribution in [3.63, 3.8) is 0 Å². The number of rotatable bonds is 7. The highest BCUT2D eigenvalue weighted by molar-refractivity contribution is 9.10. The summed E-state index contributed by atoms with van der Waals surface area (Å²) in [6.07, 6.45) is 0.997. The van der Waals surface area contributed by atoms with Gasteiger partial charge in [0.1, 0.15) is 5.75 Å². The lowest BCUT2D eigenvalue weighted by atomic mass is 10.3. The van der Waals surface area contributed by atoms with Crippen LogP contribution in [0.25, 0.3) is 0 Å². The van der Waals surface area contributed by atoms with E-state index in [0.29, 0.717) is 15.9 Å². The zero-order valence-electron chi connectivity index (χ0n) is 15.6. The van der Waals surface area contributed by atoms with E-state index in [1.807, 2.05) is 0 Å². The summed E-state index contributed by atoms with van der Waals surface area (Å²) >= 11 is 4.20. The van der Waals surface area contributed by atoms with Crippen LogP contribution in [0.4, 0.5) is 5.69 Å². The molecule has 0 atom stereocenters. The van der Waals surface area contributed by atoms with E-state index in [2.05, 4.69) is 31.2 Å². The number of para-hydroxylation sites is 2. The van der Waals surface area contributed by atoms with Crippen LogP contribution in [0.3, 0.4) is 0 Å². The summed E-state index contributed by atoms with van der Waals surface area (Å²) in [6, 6.07) is 12.9. The summed E-state index contributed by atoms with van der Waals surface area (Å²) in [5.74, 6) is 0.142. The Bertz CT molecular complexity index is 1230. The number of ether oxygens (including phenoxy) is 1. The van der Waals surface area contributed by atoms with Crippen LogP contribution in [0.5, 0.6) is 5.75 Å². The topological polar surface area (TPSA) is 118 Å². The highest BCUT2D eigenvalue weighted by atomic mass is 79.9. The van der Waals surface area contributed by atoms with Gasteiger partial charge in [0.15, 0.2) is 10.1 Å². The van der Waals surface area contributed by atoms with Gasteiger partial charge in [0.05, 0.1) is 29.6 Å². The number of aromatic nitrogens is 2. The molecule has 0 bridgehead atoms. The second-order valence-corrected chi connectivity index (χ2v) is 9.67. The van der Waals surface area contributed by atoms with Crippen molar-refractivity contribution in [2.45, 2.75) is 14.9 Å². The van der Waals surface area contributed by atoms with Crippen molar-refractivity contribution in [1.82, 2.24) is 9.97 Å². The van der Waals surface area contributed by atoms with Gasteiger partial charge in [-0.1, -0.05) is 39.8 Å². The van der Waals surface area contributed by atoms with Crippen LogP contribution in [0, 0.1) is 0 Å². The second-order valence-electron chi connectivity index (χ2n) is 5.88. The molecule has 0 spiro atoms. The average molecular weight is 510 g/mol. The molecule has 11 heteroatoms. The molecule has 3 aromatic rings. The minimum atomic E-state index is -4.01. The van der Waals surface area contributed by atoms with E-state index in [1.54, 1.807) is 36.4 Å². The predicted molar refractivity (Wildman–Crippen MR) is 117 cm³/mol. The number of anilines is 1. The Morgan fingerprint density at radius 3 is 2.57 bits per heavy atom. The average Bonchev–Trinajstić information content (AvgIpc) is 2.73. The minimum Gasteiger partial charge on any atom is -0.495 e. The molecule has 0 radical (unpaired) electrons. The van der Waals surface area contributed by atoms with E-state index in [-0.39, 0.29) is 21.7 Å². The fraction of sp³-hybridized carbons (Fsp3) is 0.105. The molecule has 3 rings (SSSR count). The fourth-order valence-corrected chi connectivity index (χ4v) is 4.57. The number of sulfone groups is 1. The van der Waals surface area contributed by atoms with Gasteiger partial charge in [0.25, 0.3) is 5.56 Å². The smallest absolute Gasteiger partial charge is 0.270 e. The first-order valence-electron chi connectivity index (χ1n) is 8.47. The number of amides is 1. The molecule has 8 nitrogen and oxygen atoms in total. The number of hydrogen-bond donors (Lipinski definition) is 2. The SMILES string of the molecule is COc1ccccc1NC(=O)CSc1ncc(S(=O)(=O)c2ccc(Br)cc2)c(=O)[nH]1. The van der Waals surface area contributed by atoms with Crippen LogP contribution in [-0.2, 0) is 14.6 Å². The Morgan fingerprint density at radius 1 is 1.20 bits per heavy atom. The third-order valence-corrected chi connectivity index (χ3v) is 7.06. The molecule has 0 fully saturated rings. The number of halogens is 1. The molecule has 1 heterocycles. The first-order chi connectivity index (χ1) is 14.3. The van der Waals surface area contributed by atoms with E-state index >= 15 is 0 Å². The van der Waals surface area contributed by atoms with E-state index < -0.39 is 20.3 Å². The number of H-pyrrole nitrogens is 1. The summed E-state index contributed by atoms with van der Waals surface area (Å²) in [6.45, 7) is 0. The normalized spacial score (nSPS) is 11.1. The van der Waals surface area contributed by atoms with Gasteiger partial charge in [-0.15, -0.1) is 0 Å². The van der Waals surface area contributed by atoms with Gasteiger partial charge in [-0.3, -0.25) is 9.59 Å². The maximum Gasteiger partial charge on any atom is 0.270 e. The lowest BCUT2D eigenvalue weighted by molar-refractivity contribution is -0.113. The molecule has 0 unspecified atom stereocenters. The fourth-order valence-electron chi connectivity index (χ4n) is 2.44. The molecule has 2 N–H and O–H groups in total. The van der Waals surface area contributed by atoms with Crippen molar-refractivity contribution in [1.29, 1.82) is 0 Å². The molecule has 156 valence electrons. The maximum absolute atomic E-state index is 12.6. The van der Waals surface area contributed by atoms with Gasteiger partial charge in [-0.05, 0) is 36.4 Å². The number of nitrogens with one attached hydrogen (secondary N) is 2. The number of methoxy groups -OCH3 is 1. The molecule has 1 amide bonds. The summed E-state index contributed by atoms with van der Waals surface area (Å²) in [5, 5.41) is 2.83. The predicted octanol–water partition coefficient (Wildman–Crippen LogP) is 3.10. The third kappa shape index (κ3) is 5.10. The van der Waals surface area contributed by atoms with Crippen molar-refractivity contribution in [3.05, 3.63) is 69.6 Å². The summed E-state index contributed by atoms with van der Waals surface area (Å²) in [5.41, 5.74) is -0.288. The number of hydrogen-bond acceptors (Lipinski definition) is 7. The molecule has 0 aliphatic heterocycles. The van der Waals surface area contributed by atoms with Crippen LogP contribution in [0.2, 0.25) is 0 Å². The van der Waals surface area contributed by atoms with Gasteiger partial charge >= 0.3 is 0 Å². The Hall–Kier alpha value is -2.63. The first-order valence-corrected chi connectivity index (χ1v) is 11.7. The van der Waals surface area contributed by atoms with E-state index in [0.717, 1.165) is 18.0 Å². The maximum atomic E-state index is 12.6. The second kappa shape index (κ2) is 9.45. The van der Waals surface area contributed by atoms with Gasteiger partial charge in [0, 0.05) is 4.47 Å². The highest BCUT2D eigenvalue weighted by Crippen LogP contribution is 2.24. The van der Waals surface area contributed by atoms with E-state index in [4.69, 9.17) is 4.74 Å². The molecule has 0 saturated heterocycles. The number of carbonyl (C=O) groups excluding carboxylic acids is 1. The van der Waals surface area contributed by atoms with Crippen LogP contribution < -0.4 is 15.6 Å². The monoisotopic (exact) mass is 509 g/mol. The van der Waals surface area contributed by atoms with Crippen molar-refractivity contribution < 1.29 is 17.9 Å². The molecule has 0 saturated carbocycles. The van der Waals surface area contributed by atoms with Gasteiger partial charge in [-0.25, -0.2) is 13.4 Å². The third-order valence-electron chi connectivity index (χ3n) is 3.88. The first kappa shape index (κ1) is 22.1. The molecule has 1 aromatic heterocycles. The molecule has 0 aliphatic carbocycles. The molecule has 0 aliphatic rings. The Balaban J connectivity index is 1.70. The quantitative estimate of drug-likeness (QED) is 0.371. The number of thioether (sulfide) groups is 1. The zero-order valence-corrected chi connectivity index (χ0v) is 18.8. The van der Waals surface area contributed by atoms with Crippen molar-refractivity contribution in [2.24, 2.45) is 0 Å². The Labute approximate surface area is 185 Å². The number of carbonyl (C=O) groups is 1. The Kier molecular flexibility index (Phi) is 6.95. The van der Waals surface area contributed by atoms with Crippen molar-refractivity contribution in [3.8, 4) is 5.75 Å². The van der Waals surface area contributed by atoms with E-state index in [1.165, 1.54) is 19.2 Å². The van der Waals surface area contributed by atoms with E-state index in [9.17, 15) is 18.0 Å². The van der Waals surface area contributed by atoms with Crippen LogP contribution >= 0.6 is 27.7 Å². The standard InChI is InChI=1S/C19H16BrN3O5S2/c1-28-15-5-3-2-4-14(15)22-17(24)11-29-19-21-10-16(18(25)23-19)30(26,27)13-8-6-12(20)7-9-13/h2-10H,11H2,1H3,(H,22,24)(H,21,23,25). The molecular weight excluding hydrogens is 494 g/mol. The highest BCUT2D eigenvalue weighted by Gasteiger charge is 2.22. The van der Waals surface area contributed by atoms with Crippen LogP contribution in [0.1, 0.15) is 0 Å². The number of benzene rings is 2. The lowest BCUT2D eigenvalue weighted by Gasteiger charge is -2.09. The summed E-state index contributed by atoms with van der Waals surface area (Å²) < 4.78 is 31.2. The minimum absolute atomic E-state index is 0.0189. The number of nitrogens with zero attached hydrogens (tertiary/aromatic N) is 1. The van der Waals surface area contributed by atoms with Gasteiger partial charge in [-0.2, -0.15) is 0 Å². The van der Waals surface area contributed by atoms with Crippen molar-refractivity contribution in [2.75, 3.05) is 18.2 Å². The molecular formula is C19H16BrN3O5S2. The lowest BCUT2D eigenvalue weighted by Crippen LogP contribution is -2.20. The van der Waals surface area contributed by atoms with Crippen LogP contribution in [-0.4, -0.2) is 37.2 Å². The van der Waals surface area contributed by atoms with Gasteiger partial charge < -0.3 is 15.0 Å². The molecule has 2 aromatic carbocycles. The summed E-state index contributed by atoms with van der Waals surface area (Å²) in [4.78, 5) is 30.4. The molecule has 30 heavy (non-hydrogen) atoms.